The first-order valence-electron chi connectivity index (χ1n) is 11.4. The predicted molar refractivity (Wildman–Crippen MR) is 127 cm³/mol. The normalized spacial score (nSPS) is 16.2. The fraction of sp³-hybridized carbons (Fsp3) is 0.259. The van der Waals surface area contributed by atoms with Crippen LogP contribution in [-0.2, 0) is 0 Å². The topological polar surface area (TPSA) is 102 Å². The lowest BCUT2D eigenvalue weighted by molar-refractivity contribution is 0.0795. The fourth-order valence-corrected chi connectivity index (χ4v) is 4.25. The molecule has 0 bridgehead atoms. The van der Waals surface area contributed by atoms with Gasteiger partial charge in [0.1, 0.15) is 0 Å². The van der Waals surface area contributed by atoms with Gasteiger partial charge in [-0.05, 0) is 53.9 Å². The molecule has 1 N–H and O–H groups in total. The Balaban J connectivity index is 1.51. The second-order valence-corrected chi connectivity index (χ2v) is 8.41. The summed E-state index contributed by atoms with van der Waals surface area (Å²) in [6.07, 6.45) is -0.247. The molecule has 9 heteroatoms. The number of ether oxygens (including phenoxy) is 1. The molecule has 36 heavy (non-hydrogen) atoms. The van der Waals surface area contributed by atoms with Crippen LogP contribution in [0.25, 0.3) is 0 Å². The van der Waals surface area contributed by atoms with Gasteiger partial charge >= 0.3 is 0 Å². The summed E-state index contributed by atoms with van der Waals surface area (Å²) in [5.74, 6) is -0.0879. The van der Waals surface area contributed by atoms with Gasteiger partial charge in [-0.25, -0.2) is 13.8 Å². The monoisotopic (exact) mass is 487 g/mol. The Morgan fingerprint density at radius 3 is 2.25 bits per heavy atom. The third-order valence-corrected chi connectivity index (χ3v) is 5.98. The minimum atomic E-state index is -2.58. The van der Waals surface area contributed by atoms with Crippen LogP contribution in [0.3, 0.4) is 0 Å². The number of halogens is 2. The van der Waals surface area contributed by atoms with Crippen molar-refractivity contribution >= 4 is 5.91 Å². The summed E-state index contributed by atoms with van der Waals surface area (Å²) >= 11 is 0. The van der Waals surface area contributed by atoms with Gasteiger partial charge in [-0.3, -0.25) is 9.69 Å². The van der Waals surface area contributed by atoms with Gasteiger partial charge in [0.15, 0.2) is 6.61 Å². The molecule has 1 aliphatic heterocycles. The first kappa shape index (κ1) is 24.8. The van der Waals surface area contributed by atoms with Crippen molar-refractivity contribution in [2.24, 2.45) is 0 Å². The number of carbonyl (C=O) groups is 1. The van der Waals surface area contributed by atoms with Gasteiger partial charge < -0.3 is 10.1 Å². The summed E-state index contributed by atoms with van der Waals surface area (Å²) in [7, 11) is 0. The number of hydrogen-bond donors (Lipinski definition) is 1. The van der Waals surface area contributed by atoms with E-state index in [2.05, 4.69) is 21.3 Å². The van der Waals surface area contributed by atoms with Gasteiger partial charge in [0.05, 0.1) is 29.3 Å². The van der Waals surface area contributed by atoms with Crippen molar-refractivity contribution in [1.82, 2.24) is 15.2 Å². The van der Waals surface area contributed by atoms with E-state index in [-0.39, 0.29) is 23.9 Å². The van der Waals surface area contributed by atoms with Crippen LogP contribution in [0.1, 0.15) is 45.1 Å². The summed E-state index contributed by atoms with van der Waals surface area (Å²) in [4.78, 5) is 19.1. The van der Waals surface area contributed by atoms with E-state index in [4.69, 9.17) is 15.3 Å². The maximum Gasteiger partial charge on any atom is 0.272 e. The van der Waals surface area contributed by atoms with Crippen molar-refractivity contribution in [3.8, 4) is 18.0 Å². The van der Waals surface area contributed by atoms with Crippen LogP contribution in [-0.4, -0.2) is 48.0 Å². The van der Waals surface area contributed by atoms with Crippen LogP contribution in [0.4, 0.5) is 8.78 Å². The van der Waals surface area contributed by atoms with Gasteiger partial charge in [-0.15, -0.1) is 0 Å². The number of carbonyl (C=O) groups excluding carboxylic acids is 1. The van der Waals surface area contributed by atoms with Crippen molar-refractivity contribution in [3.63, 3.8) is 0 Å². The second kappa shape index (κ2) is 11.4. The quantitative estimate of drug-likeness (QED) is 0.514. The second-order valence-electron chi connectivity index (χ2n) is 8.41. The molecule has 0 saturated carbocycles. The van der Waals surface area contributed by atoms with Gasteiger partial charge in [0.2, 0.25) is 5.88 Å². The smallest absolute Gasteiger partial charge is 0.272 e. The maximum absolute atomic E-state index is 12.7. The van der Waals surface area contributed by atoms with E-state index in [1.807, 2.05) is 18.2 Å². The number of nitrogens with one attached hydrogen (secondary N) is 1. The van der Waals surface area contributed by atoms with E-state index in [0.717, 1.165) is 17.5 Å². The fourth-order valence-electron chi connectivity index (χ4n) is 4.25. The summed E-state index contributed by atoms with van der Waals surface area (Å²) in [6, 6.07) is 20.9. The minimum absolute atomic E-state index is 0.0874. The number of pyridine rings is 1. The van der Waals surface area contributed by atoms with Crippen LogP contribution in [0.2, 0.25) is 0 Å². The highest BCUT2D eigenvalue weighted by molar-refractivity contribution is 5.94. The van der Waals surface area contributed by atoms with Crippen molar-refractivity contribution in [1.29, 1.82) is 10.5 Å². The van der Waals surface area contributed by atoms with E-state index in [1.165, 1.54) is 0 Å². The zero-order valence-electron chi connectivity index (χ0n) is 19.3. The third kappa shape index (κ3) is 6.01. The minimum Gasteiger partial charge on any atom is -0.472 e. The van der Waals surface area contributed by atoms with E-state index >= 15 is 0 Å². The number of aromatic nitrogens is 1. The number of hydrogen-bond acceptors (Lipinski definition) is 6. The highest BCUT2D eigenvalue weighted by atomic mass is 19.3. The molecule has 1 unspecified atom stereocenters. The standard InChI is InChI=1S/C27H23F2N5O2/c28-24(29)17-36-25-10-9-22(15-32-25)26(20-5-1-18(13-30)2-6-20)34-12-11-23(16-34)33-27(35)21-7-3-19(14-31)4-8-21/h1-10,15,23-24,26H,11-12,16-17H2,(H,33,35)/t23-,26?/m1/s1. The maximum atomic E-state index is 12.7. The highest BCUT2D eigenvalue weighted by Crippen LogP contribution is 2.32. The van der Waals surface area contributed by atoms with E-state index in [1.54, 1.807) is 54.7 Å². The van der Waals surface area contributed by atoms with Gasteiger partial charge in [-0.1, -0.05) is 18.2 Å². The molecule has 182 valence electrons. The molecule has 2 atom stereocenters. The van der Waals surface area contributed by atoms with Gasteiger partial charge in [0.25, 0.3) is 12.3 Å². The van der Waals surface area contributed by atoms with Crippen LogP contribution < -0.4 is 10.1 Å². The number of alkyl halides is 2. The first-order valence-corrected chi connectivity index (χ1v) is 11.4. The molecular formula is C27H23F2N5O2. The molecule has 4 rings (SSSR count). The Morgan fingerprint density at radius 2 is 1.67 bits per heavy atom. The number of likely N-dealkylation sites (tertiary alicyclic amines) is 1. The molecule has 1 fully saturated rings. The van der Waals surface area contributed by atoms with Crippen LogP contribution in [0.5, 0.6) is 5.88 Å². The van der Waals surface area contributed by atoms with Gasteiger partial charge in [0, 0.05) is 37.0 Å². The largest absolute Gasteiger partial charge is 0.472 e. The molecule has 2 heterocycles. The summed E-state index contributed by atoms with van der Waals surface area (Å²) in [5.41, 5.74) is 3.29. The Bertz CT molecular complexity index is 1270. The molecule has 1 saturated heterocycles. The summed E-state index contributed by atoms with van der Waals surface area (Å²) in [5, 5.41) is 21.2. The van der Waals surface area contributed by atoms with E-state index < -0.39 is 13.0 Å². The average Bonchev–Trinajstić information content (AvgIpc) is 3.36. The number of benzene rings is 2. The number of nitriles is 2. The van der Waals surface area contributed by atoms with Crippen LogP contribution in [0.15, 0.2) is 66.9 Å². The van der Waals surface area contributed by atoms with E-state index in [9.17, 15) is 13.6 Å². The van der Waals surface area contributed by atoms with Crippen molar-refractivity contribution in [3.05, 3.63) is 94.7 Å². The molecule has 0 spiro atoms. The Morgan fingerprint density at radius 1 is 1.03 bits per heavy atom. The third-order valence-electron chi connectivity index (χ3n) is 5.98. The number of nitrogens with zero attached hydrogens (tertiary/aromatic N) is 4. The number of rotatable bonds is 8. The molecule has 1 aliphatic rings. The zero-order valence-corrected chi connectivity index (χ0v) is 19.3. The molecule has 7 nitrogen and oxygen atoms in total. The van der Waals surface area contributed by atoms with Crippen LogP contribution in [0, 0.1) is 22.7 Å². The SMILES string of the molecule is N#Cc1ccc(C(=O)N[C@@H]2CCN(C(c3ccc(C#N)cc3)c3ccc(OCC(F)F)nc3)C2)cc1. The molecule has 3 aromatic rings. The molecule has 1 aromatic heterocycles. The van der Waals surface area contributed by atoms with Crippen molar-refractivity contribution in [2.45, 2.75) is 24.9 Å². The number of amides is 1. The Hall–Kier alpha value is -4.34. The lowest BCUT2D eigenvalue weighted by Crippen LogP contribution is -2.38. The molecule has 2 aromatic carbocycles. The lowest BCUT2D eigenvalue weighted by Gasteiger charge is -2.29. The van der Waals surface area contributed by atoms with E-state index in [0.29, 0.717) is 29.8 Å². The average molecular weight is 488 g/mol. The van der Waals surface area contributed by atoms with Gasteiger partial charge in [-0.2, -0.15) is 10.5 Å². The highest BCUT2D eigenvalue weighted by Gasteiger charge is 2.31. The Kier molecular flexibility index (Phi) is 7.84. The van der Waals surface area contributed by atoms with Crippen molar-refractivity contribution in [2.75, 3.05) is 19.7 Å². The van der Waals surface area contributed by atoms with Crippen molar-refractivity contribution < 1.29 is 18.3 Å². The molecule has 0 aliphatic carbocycles. The lowest BCUT2D eigenvalue weighted by atomic mass is 9.97. The summed E-state index contributed by atoms with van der Waals surface area (Å²) in [6.45, 7) is 0.557. The molecule has 0 radical (unpaired) electrons. The first-order chi connectivity index (χ1) is 17.5. The molecule has 1 amide bonds. The summed E-state index contributed by atoms with van der Waals surface area (Å²) < 4.78 is 29.9. The Labute approximate surface area is 207 Å². The predicted octanol–water partition coefficient (Wildman–Crippen LogP) is 4.06. The zero-order chi connectivity index (χ0) is 25.5. The van der Waals surface area contributed by atoms with Crippen LogP contribution >= 0.6 is 0 Å². The molecular weight excluding hydrogens is 464 g/mol.